The Hall–Kier alpha value is -0.380. The molecule has 2 N–H and O–H groups in total. The maximum absolute atomic E-state index is 6.06. The topological polar surface area (TPSA) is 35.2 Å². The Labute approximate surface area is 113 Å². The van der Waals surface area contributed by atoms with Crippen LogP contribution in [0, 0.1) is 5.92 Å². The zero-order chi connectivity index (χ0) is 13.0. The summed E-state index contributed by atoms with van der Waals surface area (Å²) in [4.78, 5) is 0. The van der Waals surface area contributed by atoms with Crippen molar-refractivity contribution < 1.29 is 4.74 Å². The minimum absolute atomic E-state index is 0.0163. The molecule has 0 radical (unpaired) electrons. The normalized spacial score (nSPS) is 16.9. The second-order valence-electron chi connectivity index (χ2n) is 4.92. The van der Waals surface area contributed by atoms with Crippen LogP contribution in [0.5, 0.6) is 0 Å². The van der Waals surface area contributed by atoms with Gasteiger partial charge in [0.2, 0.25) is 0 Å². The van der Waals surface area contributed by atoms with Crippen LogP contribution in [0.15, 0.2) is 28.7 Å². The molecule has 1 aromatic carbocycles. The van der Waals surface area contributed by atoms with Gasteiger partial charge >= 0.3 is 0 Å². The van der Waals surface area contributed by atoms with E-state index in [4.69, 9.17) is 10.5 Å². The van der Waals surface area contributed by atoms with Gasteiger partial charge in [-0.1, -0.05) is 41.9 Å². The maximum Gasteiger partial charge on any atom is 0.0976 e. The lowest BCUT2D eigenvalue weighted by molar-refractivity contribution is -0.0363. The van der Waals surface area contributed by atoms with E-state index in [1.54, 1.807) is 0 Å². The number of halogens is 1. The fourth-order valence-electron chi connectivity index (χ4n) is 1.55. The lowest BCUT2D eigenvalue weighted by Crippen LogP contribution is -2.31. The largest absolute Gasteiger partial charge is 0.369 e. The zero-order valence-electron chi connectivity index (χ0n) is 11.0. The third-order valence-electron chi connectivity index (χ3n) is 2.98. The lowest BCUT2D eigenvalue weighted by atomic mass is 10.0. The van der Waals surface area contributed by atoms with Crippen molar-refractivity contribution in [2.45, 2.75) is 45.9 Å². The van der Waals surface area contributed by atoms with Crippen molar-refractivity contribution in [3.05, 3.63) is 34.3 Å². The first-order valence-corrected chi connectivity index (χ1v) is 6.87. The number of rotatable bonds is 5. The van der Waals surface area contributed by atoms with Crippen LogP contribution in [0.3, 0.4) is 0 Å². The molecule has 3 atom stereocenters. The van der Waals surface area contributed by atoms with Gasteiger partial charge in [-0.05, 0) is 37.5 Å². The smallest absolute Gasteiger partial charge is 0.0976 e. The highest BCUT2D eigenvalue weighted by molar-refractivity contribution is 9.10. The van der Waals surface area contributed by atoms with Crippen molar-refractivity contribution in [2.75, 3.05) is 0 Å². The summed E-state index contributed by atoms with van der Waals surface area (Å²) in [5.74, 6) is 0.492. The van der Waals surface area contributed by atoms with Crippen LogP contribution in [0.25, 0.3) is 0 Å². The van der Waals surface area contributed by atoms with Gasteiger partial charge in [-0.3, -0.25) is 0 Å². The zero-order valence-corrected chi connectivity index (χ0v) is 12.6. The highest BCUT2D eigenvalue weighted by Crippen LogP contribution is 2.25. The van der Waals surface area contributed by atoms with E-state index in [9.17, 15) is 0 Å². The Kier molecular flexibility index (Phi) is 5.63. The first-order chi connectivity index (χ1) is 7.91. The fraction of sp³-hybridized carbons (Fsp3) is 0.571. The molecular formula is C14H22BrNO. The third kappa shape index (κ3) is 4.41. The van der Waals surface area contributed by atoms with E-state index >= 15 is 0 Å². The Morgan fingerprint density at radius 2 is 1.59 bits per heavy atom. The highest BCUT2D eigenvalue weighted by atomic mass is 79.9. The van der Waals surface area contributed by atoms with Crippen molar-refractivity contribution in [1.82, 2.24) is 0 Å². The molecule has 96 valence electrons. The average Bonchev–Trinajstić information content (AvgIpc) is 2.26. The van der Waals surface area contributed by atoms with Gasteiger partial charge in [0.15, 0.2) is 0 Å². The SMILES string of the molecule is CC(C)C(C)OC(c1ccc(Br)cc1)C(C)N. The molecule has 3 heteroatoms. The van der Waals surface area contributed by atoms with E-state index in [-0.39, 0.29) is 18.2 Å². The molecule has 3 unspecified atom stereocenters. The van der Waals surface area contributed by atoms with Gasteiger partial charge in [-0.2, -0.15) is 0 Å². The Morgan fingerprint density at radius 3 is 2.00 bits per heavy atom. The van der Waals surface area contributed by atoms with Gasteiger partial charge in [0.05, 0.1) is 12.2 Å². The molecule has 0 heterocycles. The molecule has 0 amide bonds. The van der Waals surface area contributed by atoms with Gasteiger partial charge in [0, 0.05) is 10.5 Å². The van der Waals surface area contributed by atoms with Crippen LogP contribution >= 0.6 is 15.9 Å². The molecule has 1 aromatic rings. The molecule has 0 saturated carbocycles. The van der Waals surface area contributed by atoms with E-state index < -0.39 is 0 Å². The Morgan fingerprint density at radius 1 is 1.06 bits per heavy atom. The minimum Gasteiger partial charge on any atom is -0.369 e. The quantitative estimate of drug-likeness (QED) is 0.895. The molecular weight excluding hydrogens is 278 g/mol. The predicted octanol–water partition coefficient (Wildman–Crippen LogP) is 3.90. The van der Waals surface area contributed by atoms with Crippen LogP contribution in [-0.2, 0) is 4.74 Å². The van der Waals surface area contributed by atoms with E-state index in [0.717, 1.165) is 10.0 Å². The molecule has 0 aromatic heterocycles. The number of benzene rings is 1. The highest BCUT2D eigenvalue weighted by Gasteiger charge is 2.21. The van der Waals surface area contributed by atoms with Crippen LogP contribution in [0.1, 0.15) is 39.4 Å². The van der Waals surface area contributed by atoms with Gasteiger partial charge in [-0.15, -0.1) is 0 Å². The van der Waals surface area contributed by atoms with Gasteiger partial charge in [-0.25, -0.2) is 0 Å². The van der Waals surface area contributed by atoms with E-state index in [2.05, 4.69) is 48.8 Å². The van der Waals surface area contributed by atoms with Crippen molar-refractivity contribution in [1.29, 1.82) is 0 Å². The van der Waals surface area contributed by atoms with Crippen molar-refractivity contribution >= 4 is 15.9 Å². The fourth-order valence-corrected chi connectivity index (χ4v) is 1.81. The number of hydrogen-bond acceptors (Lipinski definition) is 2. The monoisotopic (exact) mass is 299 g/mol. The van der Waals surface area contributed by atoms with Crippen molar-refractivity contribution in [3.8, 4) is 0 Å². The second kappa shape index (κ2) is 6.53. The van der Waals surface area contributed by atoms with Crippen LogP contribution in [0.4, 0.5) is 0 Å². The first kappa shape index (κ1) is 14.7. The number of ether oxygens (including phenoxy) is 1. The third-order valence-corrected chi connectivity index (χ3v) is 3.50. The van der Waals surface area contributed by atoms with Gasteiger partial charge < -0.3 is 10.5 Å². The van der Waals surface area contributed by atoms with Gasteiger partial charge in [0.1, 0.15) is 0 Å². The van der Waals surface area contributed by atoms with Crippen molar-refractivity contribution in [2.24, 2.45) is 11.7 Å². The summed E-state index contributed by atoms with van der Waals surface area (Å²) in [6, 6.07) is 8.15. The van der Waals surface area contributed by atoms with Gasteiger partial charge in [0.25, 0.3) is 0 Å². The summed E-state index contributed by atoms with van der Waals surface area (Å²) in [5, 5.41) is 0. The summed E-state index contributed by atoms with van der Waals surface area (Å²) in [7, 11) is 0. The maximum atomic E-state index is 6.06. The molecule has 0 saturated heterocycles. The lowest BCUT2D eigenvalue weighted by Gasteiger charge is -2.27. The second-order valence-corrected chi connectivity index (χ2v) is 5.83. The molecule has 0 aliphatic heterocycles. The van der Waals surface area contributed by atoms with E-state index in [1.165, 1.54) is 0 Å². The summed E-state index contributed by atoms with van der Waals surface area (Å²) < 4.78 is 7.13. The molecule has 0 aliphatic carbocycles. The van der Waals surface area contributed by atoms with Crippen LogP contribution in [0.2, 0.25) is 0 Å². The molecule has 17 heavy (non-hydrogen) atoms. The standard InChI is InChI=1S/C14H22BrNO/c1-9(2)11(4)17-14(10(3)16)12-5-7-13(15)8-6-12/h5-11,14H,16H2,1-4H3. The van der Waals surface area contributed by atoms with Crippen LogP contribution < -0.4 is 5.73 Å². The molecule has 0 aliphatic rings. The average molecular weight is 300 g/mol. The summed E-state index contributed by atoms with van der Waals surface area (Å²) in [6.45, 7) is 8.40. The van der Waals surface area contributed by atoms with E-state index in [1.807, 2.05) is 19.1 Å². The molecule has 1 rings (SSSR count). The van der Waals surface area contributed by atoms with E-state index in [0.29, 0.717) is 5.92 Å². The summed E-state index contributed by atoms with van der Waals surface area (Å²) in [5.41, 5.74) is 7.15. The molecule has 0 bridgehead atoms. The Balaban J connectivity index is 2.82. The number of hydrogen-bond donors (Lipinski definition) is 1. The predicted molar refractivity (Wildman–Crippen MR) is 75.9 cm³/mol. The van der Waals surface area contributed by atoms with Crippen molar-refractivity contribution in [3.63, 3.8) is 0 Å². The van der Waals surface area contributed by atoms with Crippen LogP contribution in [-0.4, -0.2) is 12.1 Å². The summed E-state index contributed by atoms with van der Waals surface area (Å²) in [6.07, 6.45) is 0.162. The first-order valence-electron chi connectivity index (χ1n) is 6.08. The Bertz CT molecular complexity index is 335. The molecule has 0 spiro atoms. The summed E-state index contributed by atoms with van der Waals surface area (Å²) >= 11 is 3.43. The minimum atomic E-state index is -0.0412. The molecule has 2 nitrogen and oxygen atoms in total. The number of nitrogens with two attached hydrogens (primary N) is 1. The molecule has 0 fully saturated rings.